The van der Waals surface area contributed by atoms with Gasteiger partial charge in [0, 0.05) is 24.8 Å². The first kappa shape index (κ1) is 13.3. The number of hydrogen-bond donors (Lipinski definition) is 1. The smallest absolute Gasteiger partial charge is 0.0950 e. The van der Waals surface area contributed by atoms with Gasteiger partial charge in [0.1, 0.15) is 0 Å². The predicted molar refractivity (Wildman–Crippen MR) is 65.4 cm³/mol. The molecule has 3 heteroatoms. The summed E-state index contributed by atoms with van der Waals surface area (Å²) in [6, 6.07) is 2.34. The maximum absolute atomic E-state index is 5.51. The minimum Gasteiger partial charge on any atom is -0.472 e. The molecule has 0 amide bonds. The number of rotatable bonds is 8. The average Bonchev–Trinajstić information content (AvgIpc) is 2.75. The molecular weight excluding hydrogens is 202 g/mol. The number of ether oxygens (including phenoxy) is 1. The Bertz CT molecular complexity index is 257. The van der Waals surface area contributed by atoms with Crippen LogP contribution in [0.25, 0.3) is 0 Å². The van der Waals surface area contributed by atoms with E-state index in [-0.39, 0.29) is 0 Å². The molecule has 0 spiro atoms. The van der Waals surface area contributed by atoms with Crippen LogP contribution in [0.15, 0.2) is 23.0 Å². The van der Waals surface area contributed by atoms with E-state index in [1.54, 1.807) is 12.5 Å². The van der Waals surface area contributed by atoms with Crippen LogP contribution in [-0.4, -0.2) is 19.8 Å². The molecule has 0 fully saturated rings. The third kappa shape index (κ3) is 5.33. The van der Waals surface area contributed by atoms with Crippen LogP contribution >= 0.6 is 0 Å². The highest BCUT2D eigenvalue weighted by Gasteiger charge is 2.04. The van der Waals surface area contributed by atoms with Gasteiger partial charge in [0.25, 0.3) is 0 Å². The van der Waals surface area contributed by atoms with Crippen molar-refractivity contribution in [1.29, 1.82) is 0 Å². The van der Waals surface area contributed by atoms with E-state index in [0.29, 0.717) is 12.0 Å². The molecule has 92 valence electrons. The zero-order chi connectivity index (χ0) is 11.8. The topological polar surface area (TPSA) is 34.4 Å². The van der Waals surface area contributed by atoms with Crippen LogP contribution in [-0.2, 0) is 4.74 Å². The molecule has 3 nitrogen and oxygen atoms in total. The van der Waals surface area contributed by atoms with Crippen LogP contribution < -0.4 is 5.32 Å². The Balaban J connectivity index is 1.99. The molecule has 1 aromatic rings. The van der Waals surface area contributed by atoms with Crippen LogP contribution in [0.2, 0.25) is 0 Å². The summed E-state index contributed by atoms with van der Waals surface area (Å²) in [5.74, 6) is 0.623. The highest BCUT2D eigenvalue weighted by molar-refractivity contribution is 5.09. The molecule has 0 aliphatic rings. The first-order valence-corrected chi connectivity index (χ1v) is 6.03. The fraction of sp³-hybridized carbons (Fsp3) is 0.692. The van der Waals surface area contributed by atoms with Crippen molar-refractivity contribution in [1.82, 2.24) is 5.32 Å². The van der Waals surface area contributed by atoms with E-state index < -0.39 is 0 Å². The molecule has 0 saturated carbocycles. The van der Waals surface area contributed by atoms with Gasteiger partial charge in [-0.3, -0.25) is 0 Å². The summed E-state index contributed by atoms with van der Waals surface area (Å²) < 4.78 is 10.6. The minimum absolute atomic E-state index is 0.351. The van der Waals surface area contributed by atoms with Crippen molar-refractivity contribution in [2.24, 2.45) is 5.92 Å². The van der Waals surface area contributed by atoms with Crippen LogP contribution in [0.1, 0.15) is 38.8 Å². The van der Waals surface area contributed by atoms with Crippen LogP contribution in [0.5, 0.6) is 0 Å². The van der Waals surface area contributed by atoms with Crippen LogP contribution in [0.4, 0.5) is 0 Å². The van der Waals surface area contributed by atoms with Crippen molar-refractivity contribution in [2.45, 2.75) is 33.2 Å². The zero-order valence-electron chi connectivity index (χ0n) is 10.5. The molecule has 1 rings (SSSR count). The number of hydrogen-bond acceptors (Lipinski definition) is 3. The molecule has 0 radical (unpaired) electrons. The van der Waals surface area contributed by atoms with Gasteiger partial charge in [-0.05, 0) is 31.9 Å². The lowest BCUT2D eigenvalue weighted by molar-refractivity contribution is 0.107. The Hall–Kier alpha value is -0.800. The lowest BCUT2D eigenvalue weighted by Gasteiger charge is -2.12. The highest BCUT2D eigenvalue weighted by Crippen LogP contribution is 2.11. The minimum atomic E-state index is 0.351. The van der Waals surface area contributed by atoms with Gasteiger partial charge < -0.3 is 14.5 Å². The Morgan fingerprint density at radius 2 is 2.19 bits per heavy atom. The van der Waals surface area contributed by atoms with Crippen molar-refractivity contribution >= 4 is 0 Å². The maximum Gasteiger partial charge on any atom is 0.0950 e. The standard InChI is InChI=1S/C13H23NO2/c1-11(2)9-15-7-4-6-14-12(3)13-5-8-16-10-13/h5,8,10-12,14H,4,6-7,9H2,1-3H3. The van der Waals surface area contributed by atoms with Gasteiger partial charge in [0.2, 0.25) is 0 Å². The maximum atomic E-state index is 5.51. The monoisotopic (exact) mass is 225 g/mol. The Labute approximate surface area is 98.2 Å². The molecular formula is C13H23NO2. The van der Waals surface area contributed by atoms with Gasteiger partial charge in [-0.25, -0.2) is 0 Å². The van der Waals surface area contributed by atoms with Crippen molar-refractivity contribution < 1.29 is 9.15 Å². The van der Waals surface area contributed by atoms with Crippen molar-refractivity contribution in [3.8, 4) is 0 Å². The normalized spacial score (nSPS) is 13.2. The lowest BCUT2D eigenvalue weighted by atomic mass is 10.2. The second-order valence-corrected chi connectivity index (χ2v) is 4.55. The molecule has 1 atom stereocenters. The summed E-state index contributed by atoms with van der Waals surface area (Å²) in [4.78, 5) is 0. The molecule has 1 N–H and O–H groups in total. The zero-order valence-corrected chi connectivity index (χ0v) is 10.5. The Morgan fingerprint density at radius 1 is 1.38 bits per heavy atom. The molecule has 0 aliphatic carbocycles. The number of nitrogens with one attached hydrogen (secondary N) is 1. The van der Waals surface area contributed by atoms with E-state index in [9.17, 15) is 0 Å². The van der Waals surface area contributed by atoms with E-state index in [0.717, 1.165) is 26.2 Å². The Morgan fingerprint density at radius 3 is 2.81 bits per heavy atom. The molecule has 1 unspecified atom stereocenters. The van der Waals surface area contributed by atoms with Crippen molar-refractivity contribution in [2.75, 3.05) is 19.8 Å². The molecule has 0 aliphatic heterocycles. The summed E-state index contributed by atoms with van der Waals surface area (Å²) >= 11 is 0. The first-order valence-electron chi connectivity index (χ1n) is 6.03. The van der Waals surface area contributed by atoms with Gasteiger partial charge in [0.15, 0.2) is 0 Å². The van der Waals surface area contributed by atoms with E-state index in [2.05, 4.69) is 26.1 Å². The van der Waals surface area contributed by atoms with E-state index >= 15 is 0 Å². The predicted octanol–water partition coefficient (Wildman–Crippen LogP) is 2.99. The van der Waals surface area contributed by atoms with Gasteiger partial charge in [0.05, 0.1) is 12.5 Å². The average molecular weight is 225 g/mol. The van der Waals surface area contributed by atoms with Gasteiger partial charge in [-0.15, -0.1) is 0 Å². The molecule has 1 aromatic heterocycles. The van der Waals surface area contributed by atoms with Crippen molar-refractivity contribution in [3.05, 3.63) is 24.2 Å². The van der Waals surface area contributed by atoms with Gasteiger partial charge >= 0.3 is 0 Å². The van der Waals surface area contributed by atoms with Gasteiger partial charge in [-0.2, -0.15) is 0 Å². The fourth-order valence-corrected chi connectivity index (χ4v) is 1.45. The van der Waals surface area contributed by atoms with E-state index in [1.807, 2.05) is 6.07 Å². The molecule has 0 saturated heterocycles. The third-order valence-electron chi connectivity index (χ3n) is 2.41. The lowest BCUT2D eigenvalue weighted by Crippen LogP contribution is -2.20. The summed E-state index contributed by atoms with van der Waals surface area (Å²) in [5, 5.41) is 3.43. The highest BCUT2D eigenvalue weighted by atomic mass is 16.5. The summed E-state index contributed by atoms with van der Waals surface area (Å²) in [7, 11) is 0. The summed E-state index contributed by atoms with van der Waals surface area (Å²) in [6.45, 7) is 9.14. The van der Waals surface area contributed by atoms with E-state index in [1.165, 1.54) is 5.56 Å². The van der Waals surface area contributed by atoms with Crippen LogP contribution in [0.3, 0.4) is 0 Å². The third-order valence-corrected chi connectivity index (χ3v) is 2.41. The molecule has 16 heavy (non-hydrogen) atoms. The second kappa shape index (κ2) is 7.47. The van der Waals surface area contributed by atoms with Crippen LogP contribution in [0, 0.1) is 5.92 Å². The Kier molecular flexibility index (Phi) is 6.19. The molecule has 1 heterocycles. The van der Waals surface area contributed by atoms with E-state index in [4.69, 9.17) is 9.15 Å². The fourth-order valence-electron chi connectivity index (χ4n) is 1.45. The first-order chi connectivity index (χ1) is 7.70. The molecule has 0 bridgehead atoms. The summed E-state index contributed by atoms with van der Waals surface area (Å²) in [6.07, 6.45) is 4.54. The van der Waals surface area contributed by atoms with Crippen molar-refractivity contribution in [3.63, 3.8) is 0 Å². The summed E-state index contributed by atoms with van der Waals surface area (Å²) in [5.41, 5.74) is 1.20. The molecule has 0 aromatic carbocycles. The second-order valence-electron chi connectivity index (χ2n) is 4.55. The van der Waals surface area contributed by atoms with Gasteiger partial charge in [-0.1, -0.05) is 13.8 Å². The largest absolute Gasteiger partial charge is 0.472 e. The SMILES string of the molecule is CC(C)COCCCNC(C)c1ccoc1. The number of furan rings is 1. The quantitative estimate of drug-likeness (QED) is 0.691.